The number of pyridine rings is 2. The van der Waals surface area contributed by atoms with Crippen molar-refractivity contribution in [1.29, 1.82) is 0 Å². The molecule has 40 heteroatoms. The molecule has 1 fully saturated rings. The number of amides is 6. The van der Waals surface area contributed by atoms with Crippen molar-refractivity contribution >= 4 is 80.7 Å². The minimum Gasteiger partial charge on any atom is -0.508 e. The number of benzene rings is 3. The first-order chi connectivity index (χ1) is 60.0. The quantitative estimate of drug-likeness (QED) is 0.0148. The molecule has 692 valence electrons. The third-order valence-electron chi connectivity index (χ3n) is 22.0. The summed E-state index contributed by atoms with van der Waals surface area (Å²) in [5.41, 5.74) is 3.85. The van der Waals surface area contributed by atoms with Gasteiger partial charge in [-0.15, -0.1) is 17.5 Å². The van der Waals surface area contributed by atoms with Crippen molar-refractivity contribution in [2.24, 2.45) is 5.92 Å². The molecule has 10 rings (SSSR count). The number of carbonyl (C=O) groups excluding carboxylic acids is 7. The van der Waals surface area contributed by atoms with Crippen LogP contribution in [-0.4, -0.2) is 296 Å². The van der Waals surface area contributed by atoms with Crippen LogP contribution in [0.15, 0.2) is 65.5 Å². The number of unbranched alkanes of at least 4 members (excludes halogenated alkanes) is 1. The average Bonchev–Trinajstić information content (AvgIpc) is 1.54. The standard InChI is InChI=1S/C86H119N12O27.W/c1-11-86(113)61-43-66-73-54(44-98(66)81(108)60(61)49-122-84(86)111)41-56-59(68(99)20-18-62(56)91-73)46-97(51(4)5)85(112)123-48-53-15-17-63(69(40-53)124-83-76(104)74(102)75(103)77(125-83)82(109)110)92-78(105)52(6)89-80(107)72(50(2)3)93-79(106)64(90-71(101)22-25-115-28-29-117-32-33-119-36-37-121-39-38-120-35-34-118-31-30-116-27-26-114-10)14-12-13-23-88-70(100)21-24-96-65-19-16-55(87-7)42-57(65)58-45-94(8)95(9)47-67(58)96;/h15-20,40-43,45,50-52,64,72,74-77,83,87,99,102-104,113H,11-14,21-39,44,46-49H2,1-10H3,(H,88,100)(H,89,107)(H,90,101)(H,92,105)(H,93,106)(H,109,110);/q-1;/t52-,64-,72-,74-,75-,76+,77-,83+,86-;/m0./s1. The van der Waals surface area contributed by atoms with E-state index in [9.17, 15) is 73.8 Å². The van der Waals surface area contributed by atoms with Gasteiger partial charge in [-0.05, 0) is 119 Å². The number of nitrogens with zero attached hydrogens (tertiary/aromatic N) is 6. The van der Waals surface area contributed by atoms with Crippen LogP contribution in [0.25, 0.3) is 33.2 Å². The van der Waals surface area contributed by atoms with E-state index in [4.69, 9.17) is 61.8 Å². The van der Waals surface area contributed by atoms with Gasteiger partial charge in [0, 0.05) is 109 Å². The van der Waals surface area contributed by atoms with Crippen LogP contribution in [0.1, 0.15) is 119 Å². The Kier molecular flexibility index (Phi) is 38.2. The molecule has 6 amide bonds. The number of nitrogens with one attached hydrogen (secondary N) is 6. The first kappa shape index (κ1) is 100. The van der Waals surface area contributed by atoms with Gasteiger partial charge in [-0.2, -0.15) is 0 Å². The van der Waals surface area contributed by atoms with Crippen LogP contribution in [0.4, 0.5) is 16.2 Å². The summed E-state index contributed by atoms with van der Waals surface area (Å²) < 4.78 is 69.9. The topological polar surface area (TPSA) is 490 Å². The first-order valence-corrected chi connectivity index (χ1v) is 42.1. The van der Waals surface area contributed by atoms with Crippen LogP contribution >= 0.6 is 0 Å². The monoisotopic (exact) mass is 1940 g/mol. The van der Waals surface area contributed by atoms with E-state index in [0.717, 1.165) is 27.8 Å². The molecule has 6 aromatic rings. The number of cyclic esters (lactones) is 1. The van der Waals surface area contributed by atoms with Crippen LogP contribution in [0.3, 0.4) is 0 Å². The molecule has 126 heavy (non-hydrogen) atoms. The molecule has 9 atom stereocenters. The van der Waals surface area contributed by atoms with E-state index in [2.05, 4.69) is 54.1 Å². The van der Waals surface area contributed by atoms with Gasteiger partial charge < -0.3 is 133 Å². The molecule has 0 saturated carbocycles. The molecule has 0 bridgehead atoms. The molecule has 0 spiro atoms. The predicted octanol–water partition coefficient (Wildman–Crippen LogP) is 3.00. The molecule has 3 aromatic heterocycles. The number of aliphatic carboxylic acids is 1. The largest absolute Gasteiger partial charge is 0.508 e. The second-order valence-electron chi connectivity index (χ2n) is 31.4. The number of hydrogen-bond donors (Lipinski definition) is 12. The van der Waals surface area contributed by atoms with Crippen molar-refractivity contribution < 1.29 is 147 Å². The molecule has 0 unspecified atom stereocenters. The zero-order valence-corrected chi connectivity index (χ0v) is 75.7. The summed E-state index contributed by atoms with van der Waals surface area (Å²) in [7, 11) is 7.45. The fourth-order valence-corrected chi connectivity index (χ4v) is 14.7. The van der Waals surface area contributed by atoms with Crippen LogP contribution in [0.5, 0.6) is 11.5 Å². The number of phenolic OH excluding ortho intramolecular Hbond substituents is 1. The molecule has 4 aliphatic rings. The van der Waals surface area contributed by atoms with E-state index in [1.165, 1.54) is 40.7 Å². The summed E-state index contributed by atoms with van der Waals surface area (Å²) >= 11 is 0. The third kappa shape index (κ3) is 25.9. The number of aryl methyl sites for hydroxylation is 1. The van der Waals surface area contributed by atoms with Gasteiger partial charge in [-0.3, -0.25) is 38.8 Å². The number of anilines is 2. The van der Waals surface area contributed by atoms with Gasteiger partial charge in [0.1, 0.15) is 61.2 Å². The second-order valence-corrected chi connectivity index (χ2v) is 31.4. The zero-order valence-electron chi connectivity index (χ0n) is 72.8. The number of aliphatic hydroxyl groups is 4. The normalized spacial score (nSPS) is 18.5. The van der Waals surface area contributed by atoms with Crippen molar-refractivity contribution in [2.45, 2.75) is 180 Å². The Hall–Kier alpha value is -9.52. The summed E-state index contributed by atoms with van der Waals surface area (Å²) in [5, 5.41) is 87.9. The molecule has 3 aromatic carbocycles. The number of aromatic nitrogens is 3. The van der Waals surface area contributed by atoms with Crippen molar-refractivity contribution in [3.05, 3.63) is 117 Å². The van der Waals surface area contributed by atoms with Crippen molar-refractivity contribution in [3.63, 3.8) is 0 Å². The Morgan fingerprint density at radius 1 is 0.722 bits per heavy atom. The van der Waals surface area contributed by atoms with Crippen LogP contribution in [-0.2, 0) is 152 Å². The van der Waals surface area contributed by atoms with E-state index >= 15 is 0 Å². The molecular weight excluding hydrogens is 1820 g/mol. The van der Waals surface area contributed by atoms with Gasteiger partial charge in [-0.1, -0.05) is 38.6 Å². The number of hydrazine groups is 1. The number of carboxylic acids is 1. The smallest absolute Gasteiger partial charge is 0.410 e. The average molecular weight is 1940 g/mol. The Balaban J connectivity index is 0.0000180. The number of ether oxygens (including phenoxy) is 12. The van der Waals surface area contributed by atoms with Crippen LogP contribution in [0, 0.1) is 12.5 Å². The number of fused-ring (bicyclic) bond motifs is 8. The maximum Gasteiger partial charge on any atom is 0.410 e. The van der Waals surface area contributed by atoms with Crippen LogP contribution < -0.4 is 42.2 Å². The number of esters is 1. The minimum atomic E-state index is -2.12. The van der Waals surface area contributed by atoms with E-state index in [1.807, 2.05) is 38.3 Å². The summed E-state index contributed by atoms with van der Waals surface area (Å²) in [6.45, 7) is 17.3. The van der Waals surface area contributed by atoms with E-state index < -0.39 is 120 Å². The van der Waals surface area contributed by atoms with Crippen molar-refractivity contribution in [1.82, 2.24) is 50.3 Å². The number of carbonyl (C=O) groups is 8. The van der Waals surface area contributed by atoms with E-state index in [-0.39, 0.29) is 145 Å². The second kappa shape index (κ2) is 48.0. The molecule has 12 N–H and O–H groups in total. The van der Waals surface area contributed by atoms with Gasteiger partial charge in [0.15, 0.2) is 11.7 Å². The molecule has 0 aliphatic carbocycles. The first-order valence-electron chi connectivity index (χ1n) is 42.1. The zero-order chi connectivity index (χ0) is 90.2. The number of aliphatic hydroxyl groups excluding tert-OH is 3. The van der Waals surface area contributed by atoms with Crippen molar-refractivity contribution in [3.8, 4) is 22.9 Å². The van der Waals surface area contributed by atoms with E-state index in [1.54, 1.807) is 59.9 Å². The molecule has 39 nitrogen and oxygen atoms in total. The summed E-state index contributed by atoms with van der Waals surface area (Å²) in [6, 6.07) is 11.9. The molecule has 0 radical (unpaired) electrons. The Bertz CT molecular complexity index is 4780. The Labute approximate surface area is 744 Å². The Morgan fingerprint density at radius 2 is 1.37 bits per heavy atom. The number of carboxylic acid groups (broad SMARTS) is 1. The maximum atomic E-state index is 14.5. The fourth-order valence-electron chi connectivity index (χ4n) is 14.7. The summed E-state index contributed by atoms with van der Waals surface area (Å²) in [4.78, 5) is 130. The van der Waals surface area contributed by atoms with Gasteiger partial charge in [-0.25, -0.2) is 19.4 Å². The predicted molar refractivity (Wildman–Crippen MR) is 451 cm³/mol. The van der Waals surface area contributed by atoms with Gasteiger partial charge in [0.25, 0.3) is 5.56 Å². The molecule has 1 saturated heterocycles. The molecule has 4 aliphatic heterocycles. The number of rotatable bonds is 50. The number of phenols is 1. The third-order valence-corrected chi connectivity index (χ3v) is 22.0. The fraction of sp³-hybridized carbons (Fsp3) is 0.570. The maximum absolute atomic E-state index is 14.5. The SMILES string of the molecule is CC[C@@]1(O)C(=O)OCc2c1cc1n(c2=O)Cc2cc3c(CN(C(=O)OCc4ccc(NC(=O)[C@H](C)NC(=O)[C@@H](NC(=O)[C@H](CCCCNC(=O)CCn5c6c(c7cc(NC)ccc75)[CH-]N(C)N(C)C6)NC(=O)CCOCCOCCOCCOCCOCCOCCOCCOC)C(C)C)c(O[C@@H]5O[C@H](C(=O)O)[C@@H](O)[C@H](O)[C@H]5O)c4)C(C)C)c(O)ccc3nc2-1.[W]. The van der Waals surface area contributed by atoms with Crippen molar-refractivity contribution in [2.75, 3.05) is 145 Å². The number of aromatic hydroxyl groups is 1. The van der Waals surface area contributed by atoms with Gasteiger partial charge >= 0.3 is 18.0 Å². The van der Waals surface area contributed by atoms with Gasteiger partial charge in [0.05, 0.1) is 140 Å². The van der Waals surface area contributed by atoms with Crippen LogP contribution in [0.2, 0.25) is 0 Å². The summed E-state index contributed by atoms with van der Waals surface area (Å²) in [6.07, 6.45) is -10.5. The Morgan fingerprint density at radius 3 is 1.99 bits per heavy atom. The molecular formula is C86H119N12O27W-. The molecule has 7 heterocycles. The number of methoxy groups -OCH3 is 1. The number of hydrogen-bond acceptors (Lipinski definition) is 30. The minimum absolute atomic E-state index is 0. The van der Waals surface area contributed by atoms with E-state index in [0.29, 0.717) is 126 Å². The summed E-state index contributed by atoms with van der Waals surface area (Å²) in [5.74, 6) is -6.89. The van der Waals surface area contributed by atoms with Gasteiger partial charge in [0.2, 0.25) is 35.8 Å².